The molecule has 0 heterocycles. The van der Waals surface area contributed by atoms with Crippen LogP contribution in [-0.2, 0) is 33.3 Å². The zero-order valence-electron chi connectivity index (χ0n) is 52.5. The SMILES string of the molecule is CC/C=C\C/C=C\C/C=C\C/C=C\C/C=C\C/C=C\CCCCCCCCCCCCCCCCCCCCCCC(=O)OC(COC(=O)CCCCCCC/C=C\C/C=C\CCCCCC)COC(OCC[N+](C)(C)C)C(=O)O. The Bertz CT molecular complexity index is 1630. The van der Waals surface area contributed by atoms with Crippen molar-refractivity contribution in [2.45, 2.75) is 289 Å². The lowest BCUT2D eigenvalue weighted by Crippen LogP contribution is -2.40. The summed E-state index contributed by atoms with van der Waals surface area (Å²) in [6.07, 6.45) is 80.9. The highest BCUT2D eigenvalue weighted by molar-refractivity contribution is 5.71. The van der Waals surface area contributed by atoms with Gasteiger partial charge in [0.1, 0.15) is 13.2 Å². The summed E-state index contributed by atoms with van der Waals surface area (Å²) >= 11 is 0. The lowest BCUT2D eigenvalue weighted by molar-refractivity contribution is -0.870. The van der Waals surface area contributed by atoms with Gasteiger partial charge < -0.3 is 28.5 Å². The first kappa shape index (κ1) is 76.2. The van der Waals surface area contributed by atoms with Crippen molar-refractivity contribution in [3.8, 4) is 0 Å². The van der Waals surface area contributed by atoms with Crippen molar-refractivity contribution in [2.24, 2.45) is 0 Å². The number of carbonyl (C=O) groups excluding carboxylic acids is 2. The maximum atomic E-state index is 12.9. The van der Waals surface area contributed by atoms with Gasteiger partial charge in [-0.05, 0) is 96.3 Å². The van der Waals surface area contributed by atoms with E-state index < -0.39 is 24.3 Å². The summed E-state index contributed by atoms with van der Waals surface area (Å²) < 4.78 is 22.9. The molecule has 2 unspecified atom stereocenters. The van der Waals surface area contributed by atoms with Crippen LogP contribution < -0.4 is 0 Å². The van der Waals surface area contributed by atoms with E-state index in [1.54, 1.807) is 0 Å². The lowest BCUT2D eigenvalue weighted by atomic mass is 10.0. The van der Waals surface area contributed by atoms with Crippen LogP contribution in [0.15, 0.2) is 97.2 Å². The number of carboxylic acids is 1. The van der Waals surface area contributed by atoms with Crippen LogP contribution in [0.2, 0.25) is 0 Å². The van der Waals surface area contributed by atoms with Crippen molar-refractivity contribution >= 4 is 17.9 Å². The lowest BCUT2D eigenvalue weighted by Gasteiger charge is -2.25. The summed E-state index contributed by atoms with van der Waals surface area (Å²) in [5.41, 5.74) is 0. The second-order valence-corrected chi connectivity index (χ2v) is 23.0. The topological polar surface area (TPSA) is 108 Å². The first-order valence-corrected chi connectivity index (χ1v) is 32.9. The Hall–Kier alpha value is -3.79. The van der Waals surface area contributed by atoms with Crippen molar-refractivity contribution in [3.63, 3.8) is 0 Å². The van der Waals surface area contributed by atoms with Crippen LogP contribution in [0.5, 0.6) is 0 Å². The van der Waals surface area contributed by atoms with Crippen molar-refractivity contribution in [2.75, 3.05) is 47.5 Å². The Balaban J connectivity index is 4.03. The number of unbranched alkanes of at least 4 members (excludes halogenated alkanes) is 29. The van der Waals surface area contributed by atoms with E-state index in [2.05, 4.69) is 111 Å². The van der Waals surface area contributed by atoms with Crippen LogP contribution in [0.25, 0.3) is 0 Å². The third-order valence-corrected chi connectivity index (χ3v) is 14.1. The molecule has 0 aromatic rings. The number of ether oxygens (including phenoxy) is 4. The number of carboxylic acid groups (broad SMARTS) is 1. The van der Waals surface area contributed by atoms with E-state index >= 15 is 0 Å². The molecule has 0 fully saturated rings. The largest absolute Gasteiger partial charge is 0.477 e. The molecule has 9 heteroatoms. The normalized spacial score (nSPS) is 13.4. The van der Waals surface area contributed by atoms with E-state index in [-0.39, 0.29) is 38.6 Å². The molecule has 0 saturated heterocycles. The number of nitrogens with zero attached hydrogens (tertiary/aromatic N) is 1. The molecular formula is C71H124NO8+. The molecule has 0 aromatic heterocycles. The Kier molecular flexibility index (Phi) is 58.4. The Morgan fingerprint density at radius 2 is 0.713 bits per heavy atom. The molecule has 9 nitrogen and oxygen atoms in total. The van der Waals surface area contributed by atoms with Crippen LogP contribution in [0, 0.1) is 0 Å². The quantitative estimate of drug-likeness (QED) is 0.0211. The van der Waals surface area contributed by atoms with Crippen molar-refractivity contribution in [3.05, 3.63) is 97.2 Å². The fourth-order valence-corrected chi connectivity index (χ4v) is 9.05. The van der Waals surface area contributed by atoms with Crippen LogP contribution in [0.4, 0.5) is 0 Å². The predicted molar refractivity (Wildman–Crippen MR) is 341 cm³/mol. The molecule has 0 rings (SSSR count). The standard InChI is InChI=1S/C71H123NO8/c1-6-8-10-12-14-16-18-20-22-24-25-26-27-28-29-30-31-32-33-34-35-36-37-38-39-40-41-42-43-44-45-46-48-50-52-54-56-58-60-62-69(74)80-67(66-79-71(70(75)76)77-64-63-72(3,4)5)65-78-68(73)61-59-57-55-53-51-49-47-23-21-19-17-15-13-11-9-7-2/h8,10,14,16-17,19-20,22-23,25-26,28-29,31-32,47,67,71H,6-7,9,11-13,15,18,21,24,27,30,33-46,48-66H2,1-5H3/p+1/b10-8-,16-14-,19-17-,22-20-,26-25-,29-28-,32-31-,47-23-. The molecule has 0 aliphatic rings. The first-order valence-electron chi connectivity index (χ1n) is 32.9. The van der Waals surface area contributed by atoms with E-state index in [1.807, 2.05) is 21.1 Å². The van der Waals surface area contributed by atoms with E-state index in [9.17, 15) is 19.5 Å². The number of esters is 2. The highest BCUT2D eigenvalue weighted by Gasteiger charge is 2.25. The molecule has 1 N–H and O–H groups in total. The molecule has 0 spiro atoms. The van der Waals surface area contributed by atoms with Crippen LogP contribution in [0.1, 0.15) is 277 Å². The average molecular weight is 1120 g/mol. The van der Waals surface area contributed by atoms with Gasteiger partial charge in [0.15, 0.2) is 6.10 Å². The first-order chi connectivity index (χ1) is 39.1. The Morgan fingerprint density at radius 3 is 1.06 bits per heavy atom. The predicted octanol–water partition coefficient (Wildman–Crippen LogP) is 20.1. The number of hydrogen-bond donors (Lipinski definition) is 1. The third kappa shape index (κ3) is 61.8. The third-order valence-electron chi connectivity index (χ3n) is 14.1. The summed E-state index contributed by atoms with van der Waals surface area (Å²) in [7, 11) is 5.97. The number of aliphatic carboxylic acids is 1. The molecule has 80 heavy (non-hydrogen) atoms. The van der Waals surface area contributed by atoms with E-state index in [0.717, 1.165) is 103 Å². The van der Waals surface area contributed by atoms with Crippen LogP contribution in [0.3, 0.4) is 0 Å². The summed E-state index contributed by atoms with van der Waals surface area (Å²) in [6.45, 7) is 4.74. The second-order valence-electron chi connectivity index (χ2n) is 23.0. The maximum absolute atomic E-state index is 12.9. The maximum Gasteiger partial charge on any atom is 0.361 e. The minimum atomic E-state index is -1.52. The van der Waals surface area contributed by atoms with Gasteiger partial charge in [0.05, 0.1) is 34.4 Å². The van der Waals surface area contributed by atoms with Gasteiger partial charge in [0.25, 0.3) is 6.29 Å². The molecule has 0 aromatic carbocycles. The van der Waals surface area contributed by atoms with Gasteiger partial charge in [-0.15, -0.1) is 0 Å². The van der Waals surface area contributed by atoms with Crippen LogP contribution in [-0.4, -0.2) is 87.4 Å². The highest BCUT2D eigenvalue weighted by atomic mass is 16.7. The Labute approximate surface area is 492 Å². The van der Waals surface area contributed by atoms with E-state index in [1.165, 1.54) is 148 Å². The van der Waals surface area contributed by atoms with E-state index in [0.29, 0.717) is 11.0 Å². The zero-order chi connectivity index (χ0) is 58.3. The number of rotatable bonds is 60. The van der Waals surface area contributed by atoms with Gasteiger partial charge in [-0.2, -0.15) is 0 Å². The molecule has 0 radical (unpaired) electrons. The Morgan fingerprint density at radius 1 is 0.388 bits per heavy atom. The molecule has 0 bridgehead atoms. The van der Waals surface area contributed by atoms with Crippen molar-refractivity contribution in [1.82, 2.24) is 0 Å². The molecule has 0 aliphatic heterocycles. The number of likely N-dealkylation sites (N-methyl/N-ethyl adjacent to an activating group) is 1. The van der Waals surface area contributed by atoms with Gasteiger partial charge in [-0.25, -0.2) is 4.79 Å². The summed E-state index contributed by atoms with van der Waals surface area (Å²) in [6, 6.07) is 0. The molecule has 0 saturated carbocycles. The van der Waals surface area contributed by atoms with Gasteiger partial charge in [-0.3, -0.25) is 9.59 Å². The van der Waals surface area contributed by atoms with Gasteiger partial charge in [0.2, 0.25) is 0 Å². The zero-order valence-corrected chi connectivity index (χ0v) is 52.5. The number of quaternary nitrogens is 1. The molecule has 0 amide bonds. The fourth-order valence-electron chi connectivity index (χ4n) is 9.05. The summed E-state index contributed by atoms with van der Waals surface area (Å²) in [5, 5.41) is 9.71. The molecule has 2 atom stereocenters. The number of carbonyl (C=O) groups is 3. The monoisotopic (exact) mass is 1120 g/mol. The van der Waals surface area contributed by atoms with E-state index in [4.69, 9.17) is 18.9 Å². The van der Waals surface area contributed by atoms with Gasteiger partial charge in [0, 0.05) is 12.8 Å². The minimum absolute atomic E-state index is 0.184. The van der Waals surface area contributed by atoms with Crippen molar-refractivity contribution in [1.29, 1.82) is 0 Å². The highest BCUT2D eigenvalue weighted by Crippen LogP contribution is 2.17. The molecular weight excluding hydrogens is 995 g/mol. The van der Waals surface area contributed by atoms with Crippen molar-refractivity contribution < 1.29 is 42.9 Å². The van der Waals surface area contributed by atoms with Gasteiger partial charge >= 0.3 is 17.9 Å². The molecule has 0 aliphatic carbocycles. The number of allylic oxidation sites excluding steroid dienone is 16. The summed E-state index contributed by atoms with van der Waals surface area (Å²) in [5.74, 6) is -2.02. The second kappa shape index (κ2) is 61.3. The average Bonchev–Trinajstić information content (AvgIpc) is 3.43. The smallest absolute Gasteiger partial charge is 0.361 e. The number of hydrogen-bond acceptors (Lipinski definition) is 7. The fraction of sp³-hybridized carbons (Fsp3) is 0.732. The minimum Gasteiger partial charge on any atom is -0.477 e. The summed E-state index contributed by atoms with van der Waals surface area (Å²) in [4.78, 5) is 37.5. The van der Waals surface area contributed by atoms with Crippen LogP contribution >= 0.6 is 0 Å². The molecule has 460 valence electrons. The van der Waals surface area contributed by atoms with Gasteiger partial charge in [-0.1, -0.05) is 265 Å².